The molecule has 0 aliphatic carbocycles. The summed E-state index contributed by atoms with van der Waals surface area (Å²) >= 11 is 3.54. The molecule has 0 saturated carbocycles. The van der Waals surface area contributed by atoms with Crippen molar-refractivity contribution in [2.45, 2.75) is 5.33 Å². The van der Waals surface area contributed by atoms with E-state index in [1.54, 1.807) is 0 Å². The van der Waals surface area contributed by atoms with Gasteiger partial charge in [-0.25, -0.2) is 0 Å². The molecule has 33 heavy (non-hydrogen) atoms. The van der Waals surface area contributed by atoms with Crippen molar-refractivity contribution in [3.8, 4) is 11.1 Å². The van der Waals surface area contributed by atoms with Crippen LogP contribution in [0, 0.1) is 0 Å². The molecule has 5 aromatic carbocycles. The Bertz CT molecular complexity index is 1200. The fraction of sp³-hybridized carbons (Fsp3) is 0.0323. The van der Waals surface area contributed by atoms with Crippen LogP contribution >= 0.6 is 23.2 Å². The molecule has 0 aliphatic rings. The topological polar surface area (TPSA) is 0 Å². The van der Waals surface area contributed by atoms with Gasteiger partial charge in [0.15, 0.2) is 0 Å². The Morgan fingerprint density at radius 3 is 1.09 bits per heavy atom. The summed E-state index contributed by atoms with van der Waals surface area (Å²) in [5, 5.41) is 6.48. The van der Waals surface area contributed by atoms with Crippen molar-refractivity contribution in [3.05, 3.63) is 145 Å². The number of halogens is 1. The van der Waals surface area contributed by atoms with Gasteiger partial charge in [-0.3, -0.25) is 0 Å². The van der Waals surface area contributed by atoms with Gasteiger partial charge in [-0.2, -0.15) is 0 Å². The zero-order valence-corrected chi connectivity index (χ0v) is 21.0. The first kappa shape index (κ1) is 21.8. The van der Waals surface area contributed by atoms with E-state index in [1.165, 1.54) is 37.9 Å². The molecule has 0 radical (unpaired) electrons. The molecule has 0 spiro atoms. The molecule has 0 aliphatic heterocycles. The first-order chi connectivity index (χ1) is 16.3. The van der Waals surface area contributed by atoms with Gasteiger partial charge in [0.05, 0.1) is 0 Å². The molecule has 0 heterocycles. The third-order valence-electron chi connectivity index (χ3n) is 6.38. The van der Waals surface area contributed by atoms with E-state index in [4.69, 9.17) is 0 Å². The zero-order chi connectivity index (χ0) is 22.5. The Kier molecular flexibility index (Phi) is 6.53. The number of benzene rings is 5. The first-order valence-corrected chi connectivity index (χ1v) is 14.4. The second-order valence-electron chi connectivity index (χ2n) is 8.26. The van der Waals surface area contributed by atoms with Gasteiger partial charge in [-0.1, -0.05) is 0 Å². The molecule has 0 fully saturated rings. The molecule has 2 heteroatoms. The van der Waals surface area contributed by atoms with Gasteiger partial charge in [0.1, 0.15) is 0 Å². The second kappa shape index (κ2) is 9.87. The third-order valence-corrected chi connectivity index (χ3v) is 11.8. The third kappa shape index (κ3) is 4.20. The van der Waals surface area contributed by atoms with Crippen LogP contribution in [0.2, 0.25) is 0 Å². The summed E-state index contributed by atoms with van der Waals surface area (Å²) in [7, 11) is -2.44. The number of hydrogen-bond acceptors (Lipinski definition) is 0. The molecule has 5 aromatic rings. The van der Waals surface area contributed by atoms with Crippen LogP contribution in [0.1, 0.15) is 5.56 Å². The monoisotopic (exact) mass is 508 g/mol. The fourth-order valence-electron chi connectivity index (χ4n) is 4.76. The molecular weight excluding hydrogens is 483 g/mol. The van der Waals surface area contributed by atoms with Crippen LogP contribution in [0.15, 0.2) is 140 Å². The van der Waals surface area contributed by atoms with E-state index < -0.39 is 7.26 Å². The van der Waals surface area contributed by atoms with Crippen LogP contribution < -0.4 is 21.2 Å². The Morgan fingerprint density at radius 2 is 0.727 bits per heavy atom. The summed E-state index contributed by atoms with van der Waals surface area (Å²) in [6.07, 6.45) is 0. The van der Waals surface area contributed by atoms with Crippen molar-refractivity contribution >= 4 is 44.4 Å². The van der Waals surface area contributed by atoms with E-state index in [2.05, 4.69) is 155 Å². The molecule has 0 atom stereocenters. The standard InChI is InChI=1S/C31H26BrP/c32-24-25-16-18-26(19-17-25)27-20-22-31(23-21-27)33(28-10-4-1-5-11-28,29-12-6-2-7-13-29)30-14-8-3-9-15-30/h1-23,33H,24H2. The average molecular weight is 509 g/mol. The van der Waals surface area contributed by atoms with Crippen molar-refractivity contribution in [2.75, 3.05) is 0 Å². The predicted octanol–water partition coefficient (Wildman–Crippen LogP) is 6.60. The molecule has 162 valence electrons. The Labute approximate surface area is 205 Å². The maximum absolute atomic E-state index is 3.54. The van der Waals surface area contributed by atoms with E-state index >= 15 is 0 Å². The molecule has 5 rings (SSSR count). The van der Waals surface area contributed by atoms with Gasteiger partial charge in [-0.05, 0) is 0 Å². The summed E-state index contributed by atoms with van der Waals surface area (Å²) < 4.78 is 0. The molecule has 0 amide bonds. The number of hydrogen-bond donors (Lipinski definition) is 0. The van der Waals surface area contributed by atoms with Gasteiger partial charge in [0, 0.05) is 0 Å². The Morgan fingerprint density at radius 1 is 0.394 bits per heavy atom. The van der Waals surface area contributed by atoms with Crippen molar-refractivity contribution in [2.24, 2.45) is 0 Å². The van der Waals surface area contributed by atoms with E-state index in [-0.39, 0.29) is 0 Å². The van der Waals surface area contributed by atoms with Crippen LogP contribution in [0.5, 0.6) is 0 Å². The molecule has 0 unspecified atom stereocenters. The van der Waals surface area contributed by atoms with Gasteiger partial charge >= 0.3 is 206 Å². The van der Waals surface area contributed by atoms with E-state index in [0.29, 0.717) is 0 Å². The van der Waals surface area contributed by atoms with Gasteiger partial charge < -0.3 is 0 Å². The molecule has 0 N–H and O–H groups in total. The minimum atomic E-state index is -2.44. The van der Waals surface area contributed by atoms with Crippen molar-refractivity contribution in [1.29, 1.82) is 0 Å². The van der Waals surface area contributed by atoms with Crippen molar-refractivity contribution in [3.63, 3.8) is 0 Å². The van der Waals surface area contributed by atoms with Crippen LogP contribution in [-0.2, 0) is 5.33 Å². The maximum atomic E-state index is 3.54. The summed E-state index contributed by atoms with van der Waals surface area (Å²) in [5.74, 6) is 0. The van der Waals surface area contributed by atoms with Crippen LogP contribution in [0.4, 0.5) is 0 Å². The van der Waals surface area contributed by atoms with Crippen LogP contribution in [0.25, 0.3) is 11.1 Å². The zero-order valence-electron chi connectivity index (χ0n) is 18.4. The van der Waals surface area contributed by atoms with Gasteiger partial charge in [0.2, 0.25) is 0 Å². The fourth-order valence-corrected chi connectivity index (χ4v) is 9.88. The van der Waals surface area contributed by atoms with E-state index in [0.717, 1.165) is 5.33 Å². The normalized spacial score (nSPS) is 11.8. The summed E-state index contributed by atoms with van der Waals surface area (Å²) in [6.45, 7) is 0. The number of rotatable bonds is 6. The SMILES string of the molecule is BrCc1ccc(-c2ccc([PH](c3ccccc3)(c3ccccc3)c3ccccc3)cc2)cc1. The number of alkyl halides is 1. The molecule has 0 saturated heterocycles. The Balaban J connectivity index is 1.72. The van der Waals surface area contributed by atoms with Crippen LogP contribution in [0.3, 0.4) is 0 Å². The van der Waals surface area contributed by atoms with Crippen molar-refractivity contribution < 1.29 is 0 Å². The summed E-state index contributed by atoms with van der Waals surface area (Å²) in [6, 6.07) is 51.3. The average Bonchev–Trinajstić information content (AvgIpc) is 2.91. The molecule has 0 aromatic heterocycles. The Hall–Kier alpha value is -2.99. The minimum absolute atomic E-state index is 0.881. The predicted molar refractivity (Wildman–Crippen MR) is 151 cm³/mol. The molecule has 0 nitrogen and oxygen atoms in total. The van der Waals surface area contributed by atoms with Gasteiger partial charge in [-0.15, -0.1) is 0 Å². The molecular formula is C31H26BrP. The molecule has 0 bridgehead atoms. The van der Waals surface area contributed by atoms with E-state index in [1.807, 2.05) is 0 Å². The first-order valence-electron chi connectivity index (χ1n) is 11.2. The van der Waals surface area contributed by atoms with Gasteiger partial charge in [0.25, 0.3) is 0 Å². The van der Waals surface area contributed by atoms with Crippen LogP contribution in [-0.4, -0.2) is 0 Å². The quantitative estimate of drug-likeness (QED) is 0.179. The summed E-state index contributed by atoms with van der Waals surface area (Å²) in [5.41, 5.74) is 3.79. The van der Waals surface area contributed by atoms with E-state index in [9.17, 15) is 0 Å². The second-order valence-corrected chi connectivity index (χ2v) is 12.6. The summed E-state index contributed by atoms with van der Waals surface area (Å²) in [4.78, 5) is 0. The van der Waals surface area contributed by atoms with Crippen molar-refractivity contribution in [1.82, 2.24) is 0 Å².